The van der Waals surface area contributed by atoms with E-state index in [4.69, 9.17) is 4.52 Å². The molecule has 1 aromatic carbocycles. The normalized spacial score (nSPS) is 12.1. The Morgan fingerprint density at radius 1 is 1.25 bits per heavy atom. The highest BCUT2D eigenvalue weighted by molar-refractivity contribution is 5.83. The number of carboxylic acids is 1. The van der Waals surface area contributed by atoms with Crippen LogP contribution < -0.4 is 5.32 Å². The van der Waals surface area contributed by atoms with Gasteiger partial charge >= 0.3 is 5.97 Å². The molecule has 1 unspecified atom stereocenters. The van der Waals surface area contributed by atoms with Gasteiger partial charge in [-0.15, -0.1) is 0 Å². The number of nitrogens with zero attached hydrogens (tertiary/aromatic N) is 2. The summed E-state index contributed by atoms with van der Waals surface area (Å²) in [4.78, 5) is 27.5. The lowest BCUT2D eigenvalue weighted by molar-refractivity contribution is -0.141. The van der Waals surface area contributed by atoms with Gasteiger partial charge < -0.3 is 14.9 Å². The Morgan fingerprint density at radius 2 is 1.96 bits per heavy atom. The Labute approximate surface area is 140 Å². The van der Waals surface area contributed by atoms with Crippen molar-refractivity contribution in [2.24, 2.45) is 0 Å². The van der Waals surface area contributed by atoms with Crippen molar-refractivity contribution in [3.05, 3.63) is 47.6 Å². The number of hydrogen-bond acceptors (Lipinski definition) is 5. The smallest absolute Gasteiger partial charge is 0.326 e. The number of nitrogens with one attached hydrogen (secondary N) is 1. The Balaban J connectivity index is 1.87. The number of benzene rings is 1. The van der Waals surface area contributed by atoms with Gasteiger partial charge in [0.15, 0.2) is 5.82 Å². The maximum absolute atomic E-state index is 12.0. The monoisotopic (exact) mass is 331 g/mol. The molecule has 0 bridgehead atoms. The zero-order valence-corrected chi connectivity index (χ0v) is 13.7. The predicted molar refractivity (Wildman–Crippen MR) is 86.4 cm³/mol. The minimum absolute atomic E-state index is 0.0955. The molecule has 2 rings (SSSR count). The number of carboxylic acid groups (broad SMARTS) is 1. The molecule has 0 fully saturated rings. The second-order valence-electron chi connectivity index (χ2n) is 5.85. The summed E-state index contributed by atoms with van der Waals surface area (Å²) in [6.07, 6.45) is 0.613. The van der Waals surface area contributed by atoms with Crippen LogP contribution in [-0.2, 0) is 22.4 Å². The number of aliphatic carboxylic acids is 1. The van der Waals surface area contributed by atoms with Crippen molar-refractivity contribution in [1.82, 2.24) is 15.5 Å². The zero-order chi connectivity index (χ0) is 17.5. The van der Waals surface area contributed by atoms with Crippen LogP contribution in [0.5, 0.6) is 0 Å². The summed E-state index contributed by atoms with van der Waals surface area (Å²) in [5, 5.41) is 15.6. The molecule has 1 heterocycles. The average Bonchev–Trinajstić information content (AvgIpc) is 3.02. The topological polar surface area (TPSA) is 105 Å². The molecule has 1 aromatic heterocycles. The number of amides is 1. The van der Waals surface area contributed by atoms with E-state index in [1.54, 1.807) is 0 Å². The SMILES string of the molecule is CC(C)c1noc(CCC(=O)NC(Cc2ccccc2)C(=O)O)n1. The van der Waals surface area contributed by atoms with E-state index in [1.807, 2.05) is 44.2 Å². The van der Waals surface area contributed by atoms with Gasteiger partial charge in [-0.3, -0.25) is 4.79 Å². The van der Waals surface area contributed by atoms with Gasteiger partial charge in [0.25, 0.3) is 0 Å². The van der Waals surface area contributed by atoms with Crippen molar-refractivity contribution >= 4 is 11.9 Å². The fourth-order valence-corrected chi connectivity index (χ4v) is 2.14. The second kappa shape index (κ2) is 8.24. The van der Waals surface area contributed by atoms with E-state index in [-0.39, 0.29) is 31.1 Å². The van der Waals surface area contributed by atoms with Gasteiger partial charge in [-0.25, -0.2) is 4.79 Å². The molecule has 128 valence electrons. The lowest BCUT2D eigenvalue weighted by Crippen LogP contribution is -2.42. The fraction of sp³-hybridized carbons (Fsp3) is 0.412. The quantitative estimate of drug-likeness (QED) is 0.766. The number of carbonyl (C=O) groups excluding carboxylic acids is 1. The summed E-state index contributed by atoms with van der Waals surface area (Å²) in [5.74, 6) is -0.296. The number of aryl methyl sites for hydroxylation is 1. The van der Waals surface area contributed by atoms with Gasteiger partial charge in [0, 0.05) is 25.2 Å². The van der Waals surface area contributed by atoms with E-state index in [2.05, 4.69) is 15.5 Å². The Kier molecular flexibility index (Phi) is 6.06. The maximum Gasteiger partial charge on any atom is 0.326 e. The summed E-state index contributed by atoms with van der Waals surface area (Å²) in [6.45, 7) is 3.89. The van der Waals surface area contributed by atoms with Crippen molar-refractivity contribution in [1.29, 1.82) is 0 Å². The van der Waals surface area contributed by atoms with E-state index in [1.165, 1.54) is 0 Å². The number of carbonyl (C=O) groups is 2. The van der Waals surface area contributed by atoms with Gasteiger partial charge in [0.1, 0.15) is 6.04 Å². The van der Waals surface area contributed by atoms with Crippen molar-refractivity contribution < 1.29 is 19.2 Å². The molecule has 0 saturated heterocycles. The zero-order valence-electron chi connectivity index (χ0n) is 13.7. The van der Waals surface area contributed by atoms with E-state index >= 15 is 0 Å². The Bertz CT molecular complexity index is 682. The molecule has 0 spiro atoms. The highest BCUT2D eigenvalue weighted by atomic mass is 16.5. The summed E-state index contributed by atoms with van der Waals surface area (Å²) in [7, 11) is 0. The fourth-order valence-electron chi connectivity index (χ4n) is 2.14. The molecule has 0 aliphatic carbocycles. The summed E-state index contributed by atoms with van der Waals surface area (Å²) in [6, 6.07) is 8.21. The first-order valence-electron chi connectivity index (χ1n) is 7.84. The van der Waals surface area contributed by atoms with Crippen molar-refractivity contribution in [3.8, 4) is 0 Å². The van der Waals surface area contributed by atoms with Crippen LogP contribution in [0.15, 0.2) is 34.9 Å². The molecule has 1 amide bonds. The van der Waals surface area contributed by atoms with Gasteiger partial charge in [-0.05, 0) is 5.56 Å². The first-order chi connectivity index (χ1) is 11.5. The van der Waals surface area contributed by atoms with Crippen LogP contribution in [0.2, 0.25) is 0 Å². The number of rotatable bonds is 8. The van der Waals surface area contributed by atoms with E-state index in [0.29, 0.717) is 11.7 Å². The molecule has 7 nitrogen and oxygen atoms in total. The minimum Gasteiger partial charge on any atom is -0.480 e. The predicted octanol–water partition coefficient (Wildman–Crippen LogP) is 1.94. The lowest BCUT2D eigenvalue weighted by atomic mass is 10.1. The van der Waals surface area contributed by atoms with Gasteiger partial charge in [-0.2, -0.15) is 4.98 Å². The van der Waals surface area contributed by atoms with Crippen LogP contribution in [0, 0.1) is 0 Å². The molecule has 0 aliphatic rings. The van der Waals surface area contributed by atoms with E-state index in [0.717, 1.165) is 5.56 Å². The highest BCUT2D eigenvalue weighted by Gasteiger charge is 2.20. The third kappa shape index (κ3) is 5.19. The molecule has 0 saturated carbocycles. The molecule has 1 atom stereocenters. The molecule has 0 radical (unpaired) electrons. The Hall–Kier alpha value is -2.70. The van der Waals surface area contributed by atoms with Crippen molar-refractivity contribution in [3.63, 3.8) is 0 Å². The first kappa shape index (κ1) is 17.7. The van der Waals surface area contributed by atoms with Crippen LogP contribution in [0.1, 0.15) is 43.5 Å². The molecule has 2 N–H and O–H groups in total. The van der Waals surface area contributed by atoms with Gasteiger partial charge in [0.2, 0.25) is 11.8 Å². The summed E-state index contributed by atoms with van der Waals surface area (Å²) >= 11 is 0. The van der Waals surface area contributed by atoms with Gasteiger partial charge in [-0.1, -0.05) is 49.3 Å². The standard InChI is InChI=1S/C17H21N3O4/c1-11(2)16-19-15(24-20-16)9-8-14(21)18-13(17(22)23)10-12-6-4-3-5-7-12/h3-7,11,13H,8-10H2,1-2H3,(H,18,21)(H,22,23). The third-order valence-corrected chi connectivity index (χ3v) is 3.48. The molecular formula is C17H21N3O4. The number of hydrogen-bond donors (Lipinski definition) is 2. The Morgan fingerprint density at radius 3 is 2.54 bits per heavy atom. The van der Waals surface area contributed by atoms with Gasteiger partial charge in [0.05, 0.1) is 0 Å². The molecule has 7 heteroatoms. The maximum atomic E-state index is 12.0. The minimum atomic E-state index is -1.06. The van der Waals surface area contributed by atoms with Crippen LogP contribution >= 0.6 is 0 Å². The lowest BCUT2D eigenvalue weighted by Gasteiger charge is -2.14. The summed E-state index contributed by atoms with van der Waals surface area (Å²) < 4.78 is 5.07. The van der Waals surface area contributed by atoms with Crippen LogP contribution in [0.25, 0.3) is 0 Å². The van der Waals surface area contributed by atoms with Crippen molar-refractivity contribution in [2.75, 3.05) is 0 Å². The largest absolute Gasteiger partial charge is 0.480 e. The summed E-state index contributed by atoms with van der Waals surface area (Å²) in [5.41, 5.74) is 0.851. The highest BCUT2D eigenvalue weighted by Crippen LogP contribution is 2.11. The molecule has 24 heavy (non-hydrogen) atoms. The van der Waals surface area contributed by atoms with E-state index < -0.39 is 12.0 Å². The third-order valence-electron chi connectivity index (χ3n) is 3.48. The molecule has 2 aromatic rings. The van der Waals surface area contributed by atoms with Crippen LogP contribution in [0.3, 0.4) is 0 Å². The molecular weight excluding hydrogens is 310 g/mol. The van der Waals surface area contributed by atoms with E-state index in [9.17, 15) is 14.7 Å². The van der Waals surface area contributed by atoms with Crippen molar-refractivity contribution in [2.45, 2.75) is 45.1 Å². The average molecular weight is 331 g/mol. The second-order valence-corrected chi connectivity index (χ2v) is 5.85. The molecule has 0 aliphatic heterocycles. The number of aromatic nitrogens is 2. The van der Waals surface area contributed by atoms with Crippen LogP contribution in [-0.4, -0.2) is 33.2 Å². The van der Waals surface area contributed by atoms with Crippen LogP contribution in [0.4, 0.5) is 0 Å². The first-order valence-corrected chi connectivity index (χ1v) is 7.84.